The molecular weight excluding hydrogens is 523 g/mol. The molecule has 2 aliphatic heterocycles. The van der Waals surface area contributed by atoms with Crippen molar-refractivity contribution in [3.05, 3.63) is 59.4 Å². The molecule has 210 valence electrons. The number of carbonyl (C=O) groups excluding carboxylic acids is 1. The molecule has 7 nitrogen and oxygen atoms in total. The van der Waals surface area contributed by atoms with E-state index in [0.717, 1.165) is 71.8 Å². The highest BCUT2D eigenvalue weighted by molar-refractivity contribution is 6.76. The summed E-state index contributed by atoms with van der Waals surface area (Å²) in [6, 6.07) is 8.18. The largest absolute Gasteiger partial charge is 0.416 e. The van der Waals surface area contributed by atoms with Gasteiger partial charge in [-0.3, -0.25) is 14.7 Å². The Kier molecular flexibility index (Phi) is 7.76. The van der Waals surface area contributed by atoms with Crippen LogP contribution in [0.1, 0.15) is 36.0 Å². The van der Waals surface area contributed by atoms with Crippen LogP contribution in [-0.4, -0.2) is 59.9 Å². The molecule has 0 radical (unpaired) electrons. The zero-order chi connectivity index (χ0) is 27.8. The van der Waals surface area contributed by atoms with Crippen LogP contribution in [0.2, 0.25) is 25.7 Å². The molecule has 2 aromatic heterocycles. The fraction of sp³-hybridized carbons (Fsp3) is 0.500. The van der Waals surface area contributed by atoms with Crippen LogP contribution in [0.5, 0.6) is 0 Å². The van der Waals surface area contributed by atoms with E-state index in [4.69, 9.17) is 4.74 Å². The Balaban J connectivity index is 1.43. The Bertz CT molecular complexity index is 1310. The summed E-state index contributed by atoms with van der Waals surface area (Å²) in [4.78, 5) is 27.6. The minimum Gasteiger partial charge on any atom is -0.361 e. The van der Waals surface area contributed by atoms with Crippen molar-refractivity contribution < 1.29 is 22.7 Å². The first kappa shape index (κ1) is 27.7. The monoisotopic (exact) mass is 559 g/mol. The maximum Gasteiger partial charge on any atom is 0.416 e. The summed E-state index contributed by atoms with van der Waals surface area (Å²) in [6.45, 7) is 9.32. The SMILES string of the molecule is C[Si](C)(C)CCOCN1Cc2cnc3[nH]ccc3c2N(C2CCCCN2Cc2ccc(C(F)(F)F)cc2)C1=O. The average Bonchev–Trinajstić information content (AvgIpc) is 3.36. The van der Waals surface area contributed by atoms with E-state index in [0.29, 0.717) is 19.7 Å². The number of urea groups is 1. The number of carbonyl (C=O) groups is 1. The second-order valence-corrected chi connectivity index (χ2v) is 17.3. The lowest BCUT2D eigenvalue weighted by molar-refractivity contribution is -0.137. The summed E-state index contributed by atoms with van der Waals surface area (Å²) in [5.41, 5.74) is 2.65. The molecule has 0 aliphatic carbocycles. The maximum absolute atomic E-state index is 14.1. The molecule has 1 N–H and O–H groups in total. The third kappa shape index (κ3) is 6.15. The number of ether oxygens (including phenoxy) is 1. The predicted molar refractivity (Wildman–Crippen MR) is 148 cm³/mol. The van der Waals surface area contributed by atoms with E-state index in [-0.39, 0.29) is 18.9 Å². The Labute approximate surface area is 227 Å². The quantitative estimate of drug-likeness (QED) is 0.248. The van der Waals surface area contributed by atoms with E-state index in [9.17, 15) is 18.0 Å². The summed E-state index contributed by atoms with van der Waals surface area (Å²) in [6.07, 6.45) is 1.74. The van der Waals surface area contributed by atoms with Crippen molar-refractivity contribution in [2.45, 2.75) is 70.4 Å². The van der Waals surface area contributed by atoms with Gasteiger partial charge in [-0.2, -0.15) is 13.2 Å². The van der Waals surface area contributed by atoms with Crippen molar-refractivity contribution in [3.63, 3.8) is 0 Å². The third-order valence-corrected chi connectivity index (χ3v) is 9.20. The molecule has 0 saturated carbocycles. The molecule has 1 atom stereocenters. The second-order valence-electron chi connectivity index (χ2n) is 11.7. The minimum absolute atomic E-state index is 0.117. The summed E-state index contributed by atoms with van der Waals surface area (Å²) in [5.74, 6) is 0. The lowest BCUT2D eigenvalue weighted by atomic mass is 10.0. The first-order chi connectivity index (χ1) is 18.5. The number of alkyl halides is 3. The third-order valence-electron chi connectivity index (χ3n) is 7.50. The Morgan fingerprint density at radius 3 is 2.62 bits per heavy atom. The first-order valence-electron chi connectivity index (χ1n) is 13.5. The zero-order valence-corrected chi connectivity index (χ0v) is 23.7. The van der Waals surface area contributed by atoms with Gasteiger partial charge in [0.25, 0.3) is 0 Å². The van der Waals surface area contributed by atoms with E-state index < -0.39 is 19.8 Å². The standard InChI is InChI=1S/C28H36F3N5O2Si/c1-39(2,3)15-14-38-19-35-18-21-16-33-26-23(11-12-32-26)25(21)36(27(35)37)24-6-4-5-13-34(24)17-20-7-9-22(10-8-20)28(29,30)31/h7-12,16,24H,4-6,13-15,17-19H2,1-3H3,(H,32,33). The van der Waals surface area contributed by atoms with Gasteiger partial charge < -0.3 is 9.72 Å². The molecule has 1 saturated heterocycles. The smallest absolute Gasteiger partial charge is 0.361 e. The Hall–Kier alpha value is -2.89. The number of aromatic amines is 1. The van der Waals surface area contributed by atoms with Gasteiger partial charge in [0.05, 0.1) is 24.0 Å². The molecular formula is C28H36F3N5O2Si. The van der Waals surface area contributed by atoms with Gasteiger partial charge in [-0.05, 0) is 49.1 Å². The number of aromatic nitrogens is 2. The van der Waals surface area contributed by atoms with Gasteiger partial charge in [0.2, 0.25) is 0 Å². The summed E-state index contributed by atoms with van der Waals surface area (Å²) in [7, 11) is -1.26. The molecule has 39 heavy (non-hydrogen) atoms. The van der Waals surface area contributed by atoms with Crippen LogP contribution >= 0.6 is 0 Å². The van der Waals surface area contributed by atoms with Gasteiger partial charge >= 0.3 is 12.2 Å². The van der Waals surface area contributed by atoms with E-state index >= 15 is 0 Å². The van der Waals surface area contributed by atoms with Gasteiger partial charge in [-0.1, -0.05) is 31.8 Å². The van der Waals surface area contributed by atoms with E-state index in [1.807, 2.05) is 23.4 Å². The van der Waals surface area contributed by atoms with Crippen LogP contribution in [-0.2, 0) is 24.0 Å². The Morgan fingerprint density at radius 2 is 1.90 bits per heavy atom. The highest BCUT2D eigenvalue weighted by atomic mass is 28.3. The van der Waals surface area contributed by atoms with Gasteiger partial charge in [0.15, 0.2) is 0 Å². The van der Waals surface area contributed by atoms with Crippen molar-refractivity contribution in [3.8, 4) is 0 Å². The van der Waals surface area contributed by atoms with Crippen molar-refractivity contribution in [1.29, 1.82) is 0 Å². The number of nitrogens with zero attached hydrogens (tertiary/aromatic N) is 4. The number of pyridine rings is 1. The van der Waals surface area contributed by atoms with Gasteiger partial charge in [0, 0.05) is 51.1 Å². The molecule has 5 rings (SSSR count). The lowest BCUT2D eigenvalue weighted by Crippen LogP contribution is -2.59. The first-order valence-corrected chi connectivity index (χ1v) is 17.2. The maximum atomic E-state index is 14.1. The van der Waals surface area contributed by atoms with Crippen molar-refractivity contribution in [2.24, 2.45) is 0 Å². The number of H-pyrrole nitrogens is 1. The number of hydrogen-bond donors (Lipinski definition) is 1. The number of halogens is 3. The fourth-order valence-corrected chi connectivity index (χ4v) is 6.13. The Morgan fingerprint density at radius 1 is 1.13 bits per heavy atom. The highest BCUT2D eigenvalue weighted by Crippen LogP contribution is 2.39. The fourth-order valence-electron chi connectivity index (χ4n) is 5.37. The zero-order valence-electron chi connectivity index (χ0n) is 22.7. The predicted octanol–water partition coefficient (Wildman–Crippen LogP) is 6.65. The minimum atomic E-state index is -4.37. The van der Waals surface area contributed by atoms with Crippen LogP contribution < -0.4 is 4.90 Å². The van der Waals surface area contributed by atoms with Crippen LogP contribution in [0.4, 0.5) is 23.7 Å². The summed E-state index contributed by atoms with van der Waals surface area (Å²) < 4.78 is 45.3. The number of rotatable bonds is 8. The van der Waals surface area contributed by atoms with Crippen molar-refractivity contribution in [1.82, 2.24) is 19.8 Å². The number of likely N-dealkylation sites (tertiary alicyclic amines) is 1. The van der Waals surface area contributed by atoms with E-state index in [1.165, 1.54) is 12.1 Å². The molecule has 1 unspecified atom stereocenters. The summed E-state index contributed by atoms with van der Waals surface area (Å²) >= 11 is 0. The van der Waals surface area contributed by atoms with Crippen LogP contribution in [0.15, 0.2) is 42.7 Å². The number of piperidine rings is 1. The number of anilines is 1. The molecule has 4 heterocycles. The van der Waals surface area contributed by atoms with E-state index in [1.54, 1.807) is 4.90 Å². The molecule has 1 fully saturated rings. The van der Waals surface area contributed by atoms with Crippen molar-refractivity contribution >= 4 is 30.8 Å². The van der Waals surface area contributed by atoms with Gasteiger partial charge in [-0.15, -0.1) is 0 Å². The van der Waals surface area contributed by atoms with Crippen molar-refractivity contribution in [2.75, 3.05) is 24.8 Å². The topological polar surface area (TPSA) is 64.7 Å². The van der Waals surface area contributed by atoms with Gasteiger partial charge in [0.1, 0.15) is 12.4 Å². The van der Waals surface area contributed by atoms with Crippen LogP contribution in [0.25, 0.3) is 11.0 Å². The average molecular weight is 560 g/mol. The second kappa shape index (κ2) is 10.9. The molecule has 11 heteroatoms. The molecule has 0 spiro atoms. The van der Waals surface area contributed by atoms with Crippen LogP contribution in [0.3, 0.4) is 0 Å². The van der Waals surface area contributed by atoms with Gasteiger partial charge in [-0.25, -0.2) is 9.78 Å². The van der Waals surface area contributed by atoms with E-state index in [2.05, 4.69) is 34.5 Å². The number of benzene rings is 1. The summed E-state index contributed by atoms with van der Waals surface area (Å²) in [5, 5.41) is 0.889. The molecule has 2 amide bonds. The number of hydrogen-bond acceptors (Lipinski definition) is 4. The molecule has 0 bridgehead atoms. The molecule has 3 aromatic rings. The lowest BCUT2D eigenvalue weighted by Gasteiger charge is -2.47. The number of fused-ring (bicyclic) bond motifs is 3. The van der Waals surface area contributed by atoms with Crippen LogP contribution in [0, 0.1) is 0 Å². The number of nitrogens with one attached hydrogen (secondary N) is 1. The highest BCUT2D eigenvalue weighted by Gasteiger charge is 2.40. The normalized spacial score (nSPS) is 19.1. The molecule has 1 aromatic carbocycles. The number of amides is 2. The molecule has 2 aliphatic rings.